The summed E-state index contributed by atoms with van der Waals surface area (Å²) < 4.78 is 5.15. The summed E-state index contributed by atoms with van der Waals surface area (Å²) >= 11 is 0. The number of nitrogens with zero attached hydrogens (tertiary/aromatic N) is 5. The Morgan fingerprint density at radius 2 is 1.43 bits per heavy atom. The zero-order valence-electron chi connectivity index (χ0n) is 24.7. The van der Waals surface area contributed by atoms with Gasteiger partial charge in [0, 0.05) is 89.6 Å². The standard InChI is InChI=1S/C28H54N6O3/c1-27(2,3)33-16-11-30(12-17-33)10-15-32-9-8-23(26(36)37-7)20-24(32)21-28(4,5)34-18-13-31(14-19-34)22-25(35)29-6/h23-24H,8-22H2,1-7H3,(H,29,35). The first kappa shape index (κ1) is 30.3. The Labute approximate surface area is 225 Å². The number of ether oxygens (including phenoxy) is 1. The van der Waals surface area contributed by atoms with Crippen molar-refractivity contribution in [3.05, 3.63) is 0 Å². The normalized spacial score (nSPS) is 26.2. The fourth-order valence-electron chi connectivity index (χ4n) is 6.40. The van der Waals surface area contributed by atoms with Crippen molar-refractivity contribution in [1.29, 1.82) is 0 Å². The van der Waals surface area contributed by atoms with Crippen molar-refractivity contribution in [1.82, 2.24) is 29.8 Å². The molecule has 9 heteroatoms. The molecule has 2 unspecified atom stereocenters. The highest BCUT2D eigenvalue weighted by Crippen LogP contribution is 2.32. The first-order valence-electron chi connectivity index (χ1n) is 14.4. The third-order valence-corrected chi connectivity index (χ3v) is 9.01. The minimum atomic E-state index is -0.0522. The summed E-state index contributed by atoms with van der Waals surface area (Å²) in [5, 5.41) is 2.73. The first-order chi connectivity index (χ1) is 17.4. The van der Waals surface area contributed by atoms with E-state index in [9.17, 15) is 9.59 Å². The van der Waals surface area contributed by atoms with Crippen molar-refractivity contribution in [3.8, 4) is 0 Å². The summed E-state index contributed by atoms with van der Waals surface area (Å²) in [5.41, 5.74) is 0.269. The van der Waals surface area contributed by atoms with Crippen molar-refractivity contribution < 1.29 is 14.3 Å². The number of likely N-dealkylation sites (N-methyl/N-ethyl adjacent to an activating group) is 1. The van der Waals surface area contributed by atoms with Crippen LogP contribution in [0.25, 0.3) is 0 Å². The Morgan fingerprint density at radius 3 is 2.00 bits per heavy atom. The van der Waals surface area contributed by atoms with Crippen LogP contribution in [0.15, 0.2) is 0 Å². The summed E-state index contributed by atoms with van der Waals surface area (Å²) in [6, 6.07) is 0.368. The number of carbonyl (C=O) groups excluding carboxylic acids is 2. The van der Waals surface area contributed by atoms with Crippen molar-refractivity contribution in [2.45, 2.75) is 71.0 Å². The van der Waals surface area contributed by atoms with Crippen LogP contribution in [-0.2, 0) is 14.3 Å². The molecule has 2 atom stereocenters. The monoisotopic (exact) mass is 522 g/mol. The number of likely N-dealkylation sites (tertiary alicyclic amines) is 1. The van der Waals surface area contributed by atoms with E-state index in [-0.39, 0.29) is 28.9 Å². The molecule has 0 bridgehead atoms. The van der Waals surface area contributed by atoms with E-state index in [0.717, 1.165) is 91.3 Å². The van der Waals surface area contributed by atoms with Crippen molar-refractivity contribution in [2.75, 3.05) is 92.7 Å². The lowest BCUT2D eigenvalue weighted by Crippen LogP contribution is -2.59. The number of piperidine rings is 1. The second-order valence-corrected chi connectivity index (χ2v) is 12.9. The number of hydrogen-bond donors (Lipinski definition) is 1. The zero-order valence-corrected chi connectivity index (χ0v) is 24.7. The molecule has 9 nitrogen and oxygen atoms in total. The van der Waals surface area contributed by atoms with Gasteiger partial charge in [0.2, 0.25) is 5.91 Å². The molecule has 0 aromatic carbocycles. The van der Waals surface area contributed by atoms with Crippen molar-refractivity contribution in [2.24, 2.45) is 5.92 Å². The van der Waals surface area contributed by atoms with Gasteiger partial charge in [-0.3, -0.25) is 34.1 Å². The second-order valence-electron chi connectivity index (χ2n) is 12.9. The molecule has 0 aliphatic carbocycles. The molecule has 0 spiro atoms. The Balaban J connectivity index is 1.57. The van der Waals surface area contributed by atoms with Crippen LogP contribution in [0.5, 0.6) is 0 Å². The first-order valence-corrected chi connectivity index (χ1v) is 14.4. The van der Waals surface area contributed by atoms with E-state index in [1.54, 1.807) is 7.05 Å². The predicted molar refractivity (Wildman–Crippen MR) is 149 cm³/mol. The van der Waals surface area contributed by atoms with Crippen LogP contribution in [0.2, 0.25) is 0 Å². The average molecular weight is 523 g/mol. The van der Waals surface area contributed by atoms with Gasteiger partial charge in [-0.15, -0.1) is 0 Å². The molecule has 3 aliphatic rings. The van der Waals surface area contributed by atoms with Crippen molar-refractivity contribution in [3.63, 3.8) is 0 Å². The maximum Gasteiger partial charge on any atom is 0.308 e. The van der Waals surface area contributed by atoms with E-state index in [1.807, 2.05) is 0 Å². The topological polar surface area (TPSA) is 71.6 Å². The van der Waals surface area contributed by atoms with Gasteiger partial charge >= 0.3 is 5.97 Å². The molecule has 3 aliphatic heterocycles. The Morgan fingerprint density at radius 1 is 0.838 bits per heavy atom. The predicted octanol–water partition coefficient (Wildman–Crippen LogP) is 1.19. The van der Waals surface area contributed by atoms with E-state index in [2.05, 4.69) is 64.4 Å². The van der Waals surface area contributed by atoms with Crippen LogP contribution in [-0.4, -0.2) is 146 Å². The maximum absolute atomic E-state index is 12.5. The number of piperazine rings is 2. The SMILES string of the molecule is CNC(=O)CN1CCN(C(C)(C)CC2CC(C(=O)OC)CCN2CCN2CCN(C(C)(C)C)CC2)CC1. The lowest BCUT2D eigenvalue weighted by Gasteiger charge is -2.48. The Bertz CT molecular complexity index is 739. The number of esters is 1. The Hall–Kier alpha value is -1.26. The Kier molecular flexibility index (Phi) is 10.8. The molecule has 3 heterocycles. The number of carbonyl (C=O) groups is 2. The third kappa shape index (κ3) is 8.62. The fourth-order valence-corrected chi connectivity index (χ4v) is 6.40. The summed E-state index contributed by atoms with van der Waals surface area (Å²) in [4.78, 5) is 36.9. The minimum Gasteiger partial charge on any atom is -0.469 e. The molecule has 0 saturated carbocycles. The molecular formula is C28H54N6O3. The molecule has 3 saturated heterocycles. The average Bonchev–Trinajstić information content (AvgIpc) is 2.87. The van der Waals surface area contributed by atoms with Crippen LogP contribution in [0.4, 0.5) is 0 Å². The van der Waals surface area contributed by atoms with Gasteiger partial charge in [-0.1, -0.05) is 0 Å². The van der Waals surface area contributed by atoms with Gasteiger partial charge in [0.1, 0.15) is 0 Å². The lowest BCUT2D eigenvalue weighted by molar-refractivity contribution is -0.148. The van der Waals surface area contributed by atoms with Gasteiger partial charge in [0.25, 0.3) is 0 Å². The van der Waals surface area contributed by atoms with Crippen LogP contribution >= 0.6 is 0 Å². The van der Waals surface area contributed by atoms with Gasteiger partial charge in [-0.2, -0.15) is 0 Å². The quantitative estimate of drug-likeness (QED) is 0.453. The molecule has 1 amide bonds. The van der Waals surface area contributed by atoms with Crippen molar-refractivity contribution >= 4 is 11.9 Å². The molecule has 0 aromatic rings. The number of nitrogens with one attached hydrogen (secondary N) is 1. The highest BCUT2D eigenvalue weighted by Gasteiger charge is 2.39. The van der Waals surface area contributed by atoms with Gasteiger partial charge < -0.3 is 10.1 Å². The smallest absolute Gasteiger partial charge is 0.308 e. The van der Waals surface area contributed by atoms with E-state index in [4.69, 9.17) is 4.74 Å². The summed E-state index contributed by atoms with van der Waals surface area (Å²) in [5.74, 6) is 0.0320. The summed E-state index contributed by atoms with van der Waals surface area (Å²) in [6.45, 7) is 23.5. The number of rotatable bonds is 9. The zero-order chi connectivity index (χ0) is 27.2. The van der Waals surface area contributed by atoms with Crippen LogP contribution < -0.4 is 5.32 Å². The van der Waals surface area contributed by atoms with Gasteiger partial charge in [-0.25, -0.2) is 0 Å². The number of hydrogen-bond acceptors (Lipinski definition) is 8. The highest BCUT2D eigenvalue weighted by molar-refractivity contribution is 5.77. The van der Waals surface area contributed by atoms with E-state index in [1.165, 1.54) is 7.11 Å². The molecule has 214 valence electrons. The van der Waals surface area contributed by atoms with Gasteiger partial charge in [-0.05, 0) is 60.4 Å². The summed E-state index contributed by atoms with van der Waals surface area (Å²) in [6.07, 6.45) is 2.80. The van der Waals surface area contributed by atoms with E-state index < -0.39 is 0 Å². The summed E-state index contributed by atoms with van der Waals surface area (Å²) in [7, 11) is 3.22. The second kappa shape index (κ2) is 13.2. The van der Waals surface area contributed by atoms with Gasteiger partial charge in [0.15, 0.2) is 0 Å². The number of methoxy groups -OCH3 is 1. The molecule has 0 radical (unpaired) electrons. The van der Waals surface area contributed by atoms with Crippen LogP contribution in [0, 0.1) is 5.92 Å². The van der Waals surface area contributed by atoms with Crippen LogP contribution in [0.1, 0.15) is 53.9 Å². The molecule has 3 rings (SSSR count). The maximum atomic E-state index is 12.5. The van der Waals surface area contributed by atoms with Gasteiger partial charge in [0.05, 0.1) is 19.6 Å². The number of amides is 1. The van der Waals surface area contributed by atoms with E-state index in [0.29, 0.717) is 12.6 Å². The molecule has 3 fully saturated rings. The molecule has 1 N–H and O–H groups in total. The third-order valence-electron chi connectivity index (χ3n) is 9.01. The minimum absolute atomic E-state index is 0.00165. The van der Waals surface area contributed by atoms with E-state index >= 15 is 0 Å². The molecular weight excluding hydrogens is 468 g/mol. The largest absolute Gasteiger partial charge is 0.469 e. The highest BCUT2D eigenvalue weighted by atomic mass is 16.5. The van der Waals surface area contributed by atoms with Crippen LogP contribution in [0.3, 0.4) is 0 Å². The molecule has 0 aromatic heterocycles. The molecule has 37 heavy (non-hydrogen) atoms. The lowest BCUT2D eigenvalue weighted by atomic mass is 9.83. The fraction of sp³-hybridized carbons (Fsp3) is 0.929.